The maximum absolute atomic E-state index is 12.3. The minimum atomic E-state index is -0.641. The summed E-state index contributed by atoms with van der Waals surface area (Å²) in [7, 11) is 0. The minimum Gasteiger partial charge on any atom is -0.395 e. The summed E-state index contributed by atoms with van der Waals surface area (Å²) in [6.45, 7) is 4.26. The number of rotatable bonds is 5. The normalized spacial score (nSPS) is 18.5. The molecule has 1 aliphatic rings. The molecule has 19 heavy (non-hydrogen) atoms. The molecule has 1 aliphatic heterocycles. The Morgan fingerprint density at radius 3 is 2.95 bits per heavy atom. The Balaban J connectivity index is 2.15. The van der Waals surface area contributed by atoms with Crippen molar-refractivity contribution in [2.24, 2.45) is 0 Å². The Kier molecular flexibility index (Phi) is 4.16. The molecule has 0 bridgehead atoms. The van der Waals surface area contributed by atoms with E-state index in [-0.39, 0.29) is 17.7 Å². The van der Waals surface area contributed by atoms with E-state index >= 15 is 0 Å². The van der Waals surface area contributed by atoms with Gasteiger partial charge in [-0.15, -0.1) is 0 Å². The lowest BCUT2D eigenvalue weighted by atomic mass is 10.2. The van der Waals surface area contributed by atoms with Gasteiger partial charge >= 0.3 is 5.88 Å². The molecule has 1 aromatic heterocycles. The van der Waals surface area contributed by atoms with Crippen LogP contribution in [-0.4, -0.2) is 41.4 Å². The van der Waals surface area contributed by atoms with Crippen molar-refractivity contribution < 1.29 is 14.1 Å². The fourth-order valence-electron chi connectivity index (χ4n) is 2.28. The van der Waals surface area contributed by atoms with E-state index in [0.717, 1.165) is 25.9 Å². The Labute approximate surface area is 110 Å². The van der Waals surface area contributed by atoms with Crippen LogP contribution in [0.5, 0.6) is 0 Å². The first kappa shape index (κ1) is 13.5. The van der Waals surface area contributed by atoms with E-state index in [1.54, 1.807) is 4.90 Å². The fraction of sp³-hybridized carbons (Fsp3) is 0.583. The van der Waals surface area contributed by atoms with Crippen LogP contribution >= 0.6 is 0 Å². The first-order chi connectivity index (χ1) is 9.13. The predicted octanol–water partition coefficient (Wildman–Crippen LogP) is 1.40. The largest absolute Gasteiger partial charge is 0.433 e. The van der Waals surface area contributed by atoms with Crippen LogP contribution in [0.25, 0.3) is 0 Å². The number of nitrogens with zero attached hydrogens (tertiary/aromatic N) is 2. The van der Waals surface area contributed by atoms with E-state index < -0.39 is 10.8 Å². The van der Waals surface area contributed by atoms with Crippen molar-refractivity contribution in [2.45, 2.75) is 25.8 Å². The number of furan rings is 1. The summed E-state index contributed by atoms with van der Waals surface area (Å²) in [6, 6.07) is 2.71. The second-order valence-corrected chi connectivity index (χ2v) is 4.54. The van der Waals surface area contributed by atoms with E-state index in [9.17, 15) is 14.9 Å². The summed E-state index contributed by atoms with van der Waals surface area (Å²) in [5.74, 6) is -0.639. The van der Waals surface area contributed by atoms with Gasteiger partial charge < -0.3 is 14.6 Å². The number of carbonyl (C=O) groups is 1. The molecular weight excluding hydrogens is 250 g/mol. The summed E-state index contributed by atoms with van der Waals surface area (Å²) in [4.78, 5) is 24.0. The first-order valence-electron chi connectivity index (χ1n) is 6.39. The van der Waals surface area contributed by atoms with Crippen LogP contribution < -0.4 is 5.32 Å². The summed E-state index contributed by atoms with van der Waals surface area (Å²) >= 11 is 0. The van der Waals surface area contributed by atoms with Gasteiger partial charge in [0.15, 0.2) is 5.76 Å². The zero-order valence-corrected chi connectivity index (χ0v) is 10.8. The van der Waals surface area contributed by atoms with Gasteiger partial charge in [-0.1, -0.05) is 6.92 Å². The number of amides is 1. The second-order valence-electron chi connectivity index (χ2n) is 4.54. The number of carbonyl (C=O) groups excluding carboxylic acids is 1. The van der Waals surface area contributed by atoms with Gasteiger partial charge in [-0.25, -0.2) is 0 Å². The molecule has 104 valence electrons. The molecule has 0 aliphatic carbocycles. The monoisotopic (exact) mass is 267 g/mol. The van der Waals surface area contributed by atoms with E-state index in [2.05, 4.69) is 5.32 Å². The molecule has 7 nitrogen and oxygen atoms in total. The molecule has 0 aromatic carbocycles. The third-order valence-corrected chi connectivity index (χ3v) is 3.18. The van der Waals surface area contributed by atoms with Crippen molar-refractivity contribution in [3.63, 3.8) is 0 Å². The maximum atomic E-state index is 12.3. The van der Waals surface area contributed by atoms with Gasteiger partial charge in [0.05, 0.1) is 6.07 Å². The van der Waals surface area contributed by atoms with E-state index in [0.29, 0.717) is 6.54 Å². The van der Waals surface area contributed by atoms with E-state index in [1.165, 1.54) is 12.1 Å². The van der Waals surface area contributed by atoms with Gasteiger partial charge in [0, 0.05) is 19.1 Å². The Morgan fingerprint density at radius 1 is 1.63 bits per heavy atom. The average Bonchev–Trinajstić information content (AvgIpc) is 3.05. The SMILES string of the molecule is CCCN(C(=O)c1ccc([N+](=O)[O-])o1)C1CCNC1. The zero-order chi connectivity index (χ0) is 13.8. The number of hydrogen-bond donors (Lipinski definition) is 1. The highest BCUT2D eigenvalue weighted by Crippen LogP contribution is 2.19. The highest BCUT2D eigenvalue weighted by molar-refractivity contribution is 5.92. The van der Waals surface area contributed by atoms with Crippen molar-refractivity contribution in [3.8, 4) is 0 Å². The van der Waals surface area contributed by atoms with Crippen LogP contribution in [0.15, 0.2) is 16.5 Å². The van der Waals surface area contributed by atoms with Crippen molar-refractivity contribution in [2.75, 3.05) is 19.6 Å². The van der Waals surface area contributed by atoms with Crippen LogP contribution in [0.1, 0.15) is 30.3 Å². The molecule has 1 amide bonds. The smallest absolute Gasteiger partial charge is 0.395 e. The van der Waals surface area contributed by atoms with E-state index in [1.807, 2.05) is 6.92 Å². The topological polar surface area (TPSA) is 88.6 Å². The van der Waals surface area contributed by atoms with Crippen LogP contribution in [0.4, 0.5) is 5.88 Å². The molecule has 1 aromatic rings. The standard InChI is InChI=1S/C12H17N3O4/c1-2-7-14(9-5-6-13-8-9)12(16)10-3-4-11(19-10)15(17)18/h3-4,9,13H,2,5-8H2,1H3. The molecule has 1 atom stereocenters. The molecular formula is C12H17N3O4. The highest BCUT2D eigenvalue weighted by atomic mass is 16.6. The maximum Gasteiger partial charge on any atom is 0.433 e. The quantitative estimate of drug-likeness (QED) is 0.643. The summed E-state index contributed by atoms with van der Waals surface area (Å²) in [5.41, 5.74) is 0. The van der Waals surface area contributed by atoms with Crippen molar-refractivity contribution in [3.05, 3.63) is 28.0 Å². The summed E-state index contributed by atoms with van der Waals surface area (Å²) < 4.78 is 4.98. The highest BCUT2D eigenvalue weighted by Gasteiger charge is 2.29. The molecule has 1 fully saturated rings. The molecule has 0 saturated carbocycles. The third-order valence-electron chi connectivity index (χ3n) is 3.18. The molecule has 1 unspecified atom stereocenters. The Morgan fingerprint density at radius 2 is 2.42 bits per heavy atom. The number of nitrogens with one attached hydrogen (secondary N) is 1. The summed E-state index contributed by atoms with van der Waals surface area (Å²) in [6.07, 6.45) is 1.74. The third kappa shape index (κ3) is 2.93. The lowest BCUT2D eigenvalue weighted by Crippen LogP contribution is -2.41. The number of hydrogen-bond acceptors (Lipinski definition) is 5. The average molecular weight is 267 g/mol. The van der Waals surface area contributed by atoms with Gasteiger partial charge in [-0.2, -0.15) is 0 Å². The van der Waals surface area contributed by atoms with Crippen molar-refractivity contribution in [1.82, 2.24) is 10.2 Å². The van der Waals surface area contributed by atoms with Gasteiger partial charge in [0.2, 0.25) is 0 Å². The van der Waals surface area contributed by atoms with Crippen molar-refractivity contribution >= 4 is 11.8 Å². The van der Waals surface area contributed by atoms with Crippen molar-refractivity contribution in [1.29, 1.82) is 0 Å². The van der Waals surface area contributed by atoms with Crippen LogP contribution in [-0.2, 0) is 0 Å². The predicted molar refractivity (Wildman–Crippen MR) is 68.0 cm³/mol. The lowest BCUT2D eigenvalue weighted by Gasteiger charge is -2.27. The second kappa shape index (κ2) is 5.83. The molecule has 1 saturated heterocycles. The Hall–Kier alpha value is -1.89. The van der Waals surface area contributed by atoms with Gasteiger partial charge in [-0.05, 0) is 25.5 Å². The van der Waals surface area contributed by atoms with E-state index in [4.69, 9.17) is 4.42 Å². The van der Waals surface area contributed by atoms with Crippen LogP contribution in [0.2, 0.25) is 0 Å². The minimum absolute atomic E-state index is 0.0343. The molecule has 0 radical (unpaired) electrons. The van der Waals surface area contributed by atoms with Gasteiger partial charge in [0.1, 0.15) is 4.92 Å². The first-order valence-corrected chi connectivity index (χ1v) is 6.39. The molecule has 7 heteroatoms. The zero-order valence-electron chi connectivity index (χ0n) is 10.8. The molecule has 2 heterocycles. The van der Waals surface area contributed by atoms with Gasteiger partial charge in [0.25, 0.3) is 5.91 Å². The Bertz CT molecular complexity index is 465. The summed E-state index contributed by atoms with van der Waals surface area (Å²) in [5, 5.41) is 13.8. The molecule has 0 spiro atoms. The lowest BCUT2D eigenvalue weighted by molar-refractivity contribution is -0.402. The number of nitro groups is 1. The van der Waals surface area contributed by atoms with Crippen LogP contribution in [0, 0.1) is 10.1 Å². The fourth-order valence-corrected chi connectivity index (χ4v) is 2.28. The van der Waals surface area contributed by atoms with Gasteiger partial charge in [-0.3, -0.25) is 14.9 Å². The molecule has 1 N–H and O–H groups in total. The molecule has 2 rings (SSSR count). The van der Waals surface area contributed by atoms with Crippen LogP contribution in [0.3, 0.4) is 0 Å².